The van der Waals surface area contributed by atoms with Gasteiger partial charge >= 0.3 is 0 Å². The number of hydrogen-bond acceptors (Lipinski definition) is 3. The molecular formula is C11H17N3. The van der Waals surface area contributed by atoms with Crippen molar-refractivity contribution in [2.24, 2.45) is 0 Å². The van der Waals surface area contributed by atoms with Gasteiger partial charge in [-0.25, -0.2) is 0 Å². The predicted molar refractivity (Wildman–Crippen MR) is 58.5 cm³/mol. The number of nitrogens with one attached hydrogen (secondary N) is 1. The largest absolute Gasteiger partial charge is 0.366 e. The summed E-state index contributed by atoms with van der Waals surface area (Å²) in [5, 5.41) is 3.47. The molecule has 1 aromatic rings. The predicted octanol–water partition coefficient (Wildman–Crippen LogP) is 1.27. The number of rotatable bonds is 1. The van der Waals surface area contributed by atoms with E-state index in [-0.39, 0.29) is 0 Å². The number of hydrogen-bond donors (Lipinski definition) is 1. The second-order valence-electron chi connectivity index (χ2n) is 4.02. The fraction of sp³-hybridized carbons (Fsp3) is 0.545. The minimum Gasteiger partial charge on any atom is -0.366 e. The van der Waals surface area contributed by atoms with Crippen molar-refractivity contribution >= 4 is 5.69 Å². The Hall–Kier alpha value is -1.09. The lowest BCUT2D eigenvalue weighted by atomic mass is 10.1. The minimum absolute atomic E-state index is 0.564. The van der Waals surface area contributed by atoms with Crippen LogP contribution in [0.1, 0.15) is 13.8 Å². The van der Waals surface area contributed by atoms with Crippen LogP contribution in [0.4, 0.5) is 5.69 Å². The van der Waals surface area contributed by atoms with Gasteiger partial charge in [0.15, 0.2) is 0 Å². The topological polar surface area (TPSA) is 28.2 Å². The molecule has 1 aliphatic heterocycles. The standard InChI is InChI=1S/C11H17N3/c1-9-8-14(10(2)7-13-9)11-3-5-12-6-4-11/h3-6,9-10,13H,7-8H2,1-2H3. The smallest absolute Gasteiger partial charge is 0.0400 e. The van der Waals surface area contributed by atoms with E-state index in [1.165, 1.54) is 5.69 Å². The zero-order chi connectivity index (χ0) is 9.97. The molecule has 0 aromatic carbocycles. The second-order valence-corrected chi connectivity index (χ2v) is 4.02. The Labute approximate surface area is 85.1 Å². The number of pyridine rings is 1. The summed E-state index contributed by atoms with van der Waals surface area (Å²) in [4.78, 5) is 6.48. The third kappa shape index (κ3) is 1.87. The summed E-state index contributed by atoms with van der Waals surface area (Å²) in [6.45, 7) is 6.61. The van der Waals surface area contributed by atoms with Crippen LogP contribution in [-0.2, 0) is 0 Å². The van der Waals surface area contributed by atoms with Crippen molar-refractivity contribution in [3.05, 3.63) is 24.5 Å². The van der Waals surface area contributed by atoms with Gasteiger partial charge in [-0.15, -0.1) is 0 Å². The maximum absolute atomic E-state index is 4.04. The van der Waals surface area contributed by atoms with Crippen LogP contribution in [-0.4, -0.2) is 30.2 Å². The second kappa shape index (κ2) is 3.96. The molecule has 3 heteroatoms. The van der Waals surface area contributed by atoms with Crippen LogP contribution in [0.3, 0.4) is 0 Å². The molecule has 14 heavy (non-hydrogen) atoms. The summed E-state index contributed by atoms with van der Waals surface area (Å²) in [5.41, 5.74) is 1.28. The van der Waals surface area contributed by atoms with E-state index < -0.39 is 0 Å². The van der Waals surface area contributed by atoms with E-state index in [1.807, 2.05) is 12.4 Å². The van der Waals surface area contributed by atoms with Gasteiger partial charge in [-0.2, -0.15) is 0 Å². The van der Waals surface area contributed by atoms with Gasteiger partial charge in [0.1, 0.15) is 0 Å². The molecule has 0 aliphatic carbocycles. The average Bonchev–Trinajstić information content (AvgIpc) is 2.23. The quantitative estimate of drug-likeness (QED) is 0.724. The number of anilines is 1. The van der Waals surface area contributed by atoms with Crippen LogP contribution in [0.2, 0.25) is 0 Å². The van der Waals surface area contributed by atoms with Gasteiger partial charge in [-0.3, -0.25) is 4.98 Å². The third-order valence-electron chi connectivity index (χ3n) is 2.76. The highest BCUT2D eigenvalue weighted by Gasteiger charge is 2.21. The van der Waals surface area contributed by atoms with Crippen molar-refractivity contribution in [2.45, 2.75) is 25.9 Å². The molecule has 1 fully saturated rings. The molecule has 0 radical (unpaired) electrons. The van der Waals surface area contributed by atoms with Gasteiger partial charge in [0.05, 0.1) is 0 Å². The molecule has 1 saturated heterocycles. The summed E-state index contributed by atoms with van der Waals surface area (Å²) < 4.78 is 0. The van der Waals surface area contributed by atoms with E-state index in [9.17, 15) is 0 Å². The molecule has 1 N–H and O–H groups in total. The first-order valence-electron chi connectivity index (χ1n) is 5.17. The van der Waals surface area contributed by atoms with Gasteiger partial charge in [-0.05, 0) is 26.0 Å². The van der Waals surface area contributed by atoms with Crippen molar-refractivity contribution in [3.63, 3.8) is 0 Å². The van der Waals surface area contributed by atoms with Crippen LogP contribution in [0.5, 0.6) is 0 Å². The highest BCUT2D eigenvalue weighted by molar-refractivity contribution is 5.46. The van der Waals surface area contributed by atoms with E-state index >= 15 is 0 Å². The van der Waals surface area contributed by atoms with Gasteiger partial charge in [0.2, 0.25) is 0 Å². The SMILES string of the molecule is CC1CN(c2ccncc2)C(C)CN1. The zero-order valence-electron chi connectivity index (χ0n) is 8.77. The first kappa shape index (κ1) is 9.46. The maximum Gasteiger partial charge on any atom is 0.0400 e. The van der Waals surface area contributed by atoms with E-state index in [1.54, 1.807) is 0 Å². The van der Waals surface area contributed by atoms with Crippen molar-refractivity contribution in [2.75, 3.05) is 18.0 Å². The molecule has 2 rings (SSSR count). The molecule has 0 amide bonds. The monoisotopic (exact) mass is 191 g/mol. The molecule has 0 saturated carbocycles. The van der Waals surface area contributed by atoms with Crippen LogP contribution >= 0.6 is 0 Å². The molecule has 1 aliphatic rings. The Morgan fingerprint density at radius 2 is 2.07 bits per heavy atom. The third-order valence-corrected chi connectivity index (χ3v) is 2.76. The van der Waals surface area contributed by atoms with Crippen LogP contribution in [0, 0.1) is 0 Å². The molecule has 0 bridgehead atoms. The lowest BCUT2D eigenvalue weighted by Gasteiger charge is -2.39. The maximum atomic E-state index is 4.04. The van der Waals surface area contributed by atoms with Crippen LogP contribution < -0.4 is 10.2 Å². The lowest BCUT2D eigenvalue weighted by molar-refractivity contribution is 0.425. The fourth-order valence-corrected chi connectivity index (χ4v) is 1.92. The Balaban J connectivity index is 2.16. The summed E-state index contributed by atoms with van der Waals surface area (Å²) in [6, 6.07) is 5.29. The van der Waals surface area contributed by atoms with Crippen molar-refractivity contribution < 1.29 is 0 Å². The average molecular weight is 191 g/mol. The highest BCUT2D eigenvalue weighted by Crippen LogP contribution is 2.18. The molecule has 2 unspecified atom stereocenters. The Bertz CT molecular complexity index is 286. The summed E-state index contributed by atoms with van der Waals surface area (Å²) in [6.07, 6.45) is 3.71. The Morgan fingerprint density at radius 1 is 1.36 bits per heavy atom. The lowest BCUT2D eigenvalue weighted by Crippen LogP contribution is -2.54. The van der Waals surface area contributed by atoms with Crippen molar-refractivity contribution in [1.29, 1.82) is 0 Å². The van der Waals surface area contributed by atoms with Crippen molar-refractivity contribution in [3.8, 4) is 0 Å². The van der Waals surface area contributed by atoms with Gasteiger partial charge in [0, 0.05) is 43.3 Å². The van der Waals surface area contributed by atoms with Gasteiger partial charge < -0.3 is 10.2 Å². The summed E-state index contributed by atoms with van der Waals surface area (Å²) in [5.74, 6) is 0. The number of piperazine rings is 1. The number of nitrogens with zero attached hydrogens (tertiary/aromatic N) is 2. The Kier molecular flexibility index (Phi) is 2.68. The van der Waals surface area contributed by atoms with E-state index in [0.29, 0.717) is 12.1 Å². The fourth-order valence-electron chi connectivity index (χ4n) is 1.92. The molecular weight excluding hydrogens is 174 g/mol. The first-order valence-corrected chi connectivity index (χ1v) is 5.17. The van der Waals surface area contributed by atoms with Gasteiger partial charge in [-0.1, -0.05) is 0 Å². The molecule has 3 nitrogen and oxygen atoms in total. The highest BCUT2D eigenvalue weighted by atomic mass is 15.2. The minimum atomic E-state index is 0.564. The molecule has 1 aromatic heterocycles. The zero-order valence-corrected chi connectivity index (χ0v) is 8.77. The van der Waals surface area contributed by atoms with Crippen molar-refractivity contribution in [1.82, 2.24) is 10.3 Å². The van der Waals surface area contributed by atoms with Crippen LogP contribution in [0.15, 0.2) is 24.5 Å². The molecule has 2 heterocycles. The summed E-state index contributed by atoms with van der Waals surface area (Å²) >= 11 is 0. The Morgan fingerprint density at radius 3 is 2.79 bits per heavy atom. The van der Waals surface area contributed by atoms with E-state index in [4.69, 9.17) is 0 Å². The van der Waals surface area contributed by atoms with E-state index in [2.05, 4.69) is 41.2 Å². The molecule has 76 valence electrons. The summed E-state index contributed by atoms with van der Waals surface area (Å²) in [7, 11) is 0. The first-order chi connectivity index (χ1) is 6.77. The molecule has 0 spiro atoms. The number of aromatic nitrogens is 1. The van der Waals surface area contributed by atoms with E-state index in [0.717, 1.165) is 13.1 Å². The van der Waals surface area contributed by atoms with Crippen LogP contribution in [0.25, 0.3) is 0 Å². The molecule has 2 atom stereocenters. The van der Waals surface area contributed by atoms with Gasteiger partial charge in [0.25, 0.3) is 0 Å². The normalized spacial score (nSPS) is 27.7.